The Morgan fingerprint density at radius 3 is 2.44 bits per heavy atom. The molecule has 6 heteroatoms. The van der Waals surface area contributed by atoms with Gasteiger partial charge in [0.2, 0.25) is 0 Å². The van der Waals surface area contributed by atoms with Gasteiger partial charge in [-0.25, -0.2) is 5.01 Å². The average molecular weight is 449 g/mol. The van der Waals surface area contributed by atoms with Crippen molar-refractivity contribution in [1.29, 1.82) is 0 Å². The number of para-hydroxylation sites is 2. The van der Waals surface area contributed by atoms with Gasteiger partial charge < -0.3 is 9.84 Å². The van der Waals surface area contributed by atoms with Gasteiger partial charge in [0.05, 0.1) is 18.0 Å². The summed E-state index contributed by atoms with van der Waals surface area (Å²) in [6, 6.07) is 25.1. The number of halogens is 1. The molecule has 3 rings (SSSR count). The summed E-state index contributed by atoms with van der Waals surface area (Å²) in [6.07, 6.45) is 3.14. The normalized spacial score (nSPS) is 11.1. The molecule has 0 radical (unpaired) electrons. The third-order valence-electron chi connectivity index (χ3n) is 4.80. The van der Waals surface area contributed by atoms with E-state index in [4.69, 9.17) is 21.4 Å². The van der Waals surface area contributed by atoms with Crippen molar-refractivity contribution in [1.82, 2.24) is 0 Å². The van der Waals surface area contributed by atoms with Gasteiger partial charge in [0.15, 0.2) is 0 Å². The average Bonchev–Trinajstić information content (AvgIpc) is 2.81. The van der Waals surface area contributed by atoms with Crippen LogP contribution in [0.4, 0.5) is 5.69 Å². The summed E-state index contributed by atoms with van der Waals surface area (Å²) in [5, 5.41) is 15.4. The molecule has 0 unspecified atom stereocenters. The molecular weight excluding hydrogens is 424 g/mol. The van der Waals surface area contributed by atoms with Crippen molar-refractivity contribution >= 4 is 35.7 Å². The summed E-state index contributed by atoms with van der Waals surface area (Å²) in [6.45, 7) is 4.11. The molecule has 0 spiro atoms. The lowest BCUT2D eigenvalue weighted by atomic mass is 10.1. The number of rotatable bonds is 11. The van der Waals surface area contributed by atoms with Gasteiger partial charge >= 0.3 is 5.97 Å². The van der Waals surface area contributed by atoms with Crippen LogP contribution in [0.3, 0.4) is 0 Å². The summed E-state index contributed by atoms with van der Waals surface area (Å²) in [7, 11) is 0. The van der Waals surface area contributed by atoms with E-state index in [0.717, 1.165) is 28.3 Å². The standard InChI is InChI=1S/C26H25ClN2O3/c1-28-29(21-11-3-2-4-12-21)24(22-13-6-7-14-23(22)27)18-17-20-10-5-8-15-25(20)32-19-9-16-26(30)31/h2-8,10-15,18H,1,9,16-17,19H2,(H,30,31)/b24-18-. The molecule has 0 aliphatic carbocycles. The highest BCUT2D eigenvalue weighted by Crippen LogP contribution is 2.32. The molecule has 0 saturated heterocycles. The molecule has 0 atom stereocenters. The van der Waals surface area contributed by atoms with E-state index >= 15 is 0 Å². The lowest BCUT2D eigenvalue weighted by molar-refractivity contribution is -0.137. The second-order valence-electron chi connectivity index (χ2n) is 7.02. The van der Waals surface area contributed by atoms with Crippen LogP contribution in [0.2, 0.25) is 5.02 Å². The molecule has 5 nitrogen and oxygen atoms in total. The highest BCUT2D eigenvalue weighted by molar-refractivity contribution is 6.32. The van der Waals surface area contributed by atoms with E-state index < -0.39 is 5.97 Å². The summed E-state index contributed by atoms with van der Waals surface area (Å²) < 4.78 is 5.85. The van der Waals surface area contributed by atoms with Gasteiger partial charge in [-0.1, -0.05) is 72.3 Å². The Kier molecular flexibility index (Phi) is 8.46. The number of carbonyl (C=O) groups is 1. The van der Waals surface area contributed by atoms with Gasteiger partial charge in [-0.2, -0.15) is 5.10 Å². The molecule has 1 N–H and O–H groups in total. The SMILES string of the molecule is C=NN(/C(=C\Cc1ccccc1OCCCC(=O)O)c1ccccc1Cl)c1ccccc1. The Morgan fingerprint density at radius 2 is 1.72 bits per heavy atom. The summed E-state index contributed by atoms with van der Waals surface area (Å²) >= 11 is 6.53. The highest BCUT2D eigenvalue weighted by atomic mass is 35.5. The quantitative estimate of drug-likeness (QED) is 0.213. The Labute approximate surface area is 193 Å². The molecule has 0 fully saturated rings. The molecule has 0 aliphatic rings. The van der Waals surface area contributed by atoms with Crippen molar-refractivity contribution in [3.63, 3.8) is 0 Å². The molecule has 164 valence electrons. The zero-order valence-electron chi connectivity index (χ0n) is 17.7. The minimum Gasteiger partial charge on any atom is -0.493 e. The van der Waals surface area contributed by atoms with Crippen LogP contribution >= 0.6 is 11.6 Å². The van der Waals surface area contributed by atoms with Crippen LogP contribution < -0.4 is 9.75 Å². The maximum Gasteiger partial charge on any atom is 0.303 e. The number of aliphatic carboxylic acids is 1. The smallest absolute Gasteiger partial charge is 0.303 e. The van der Waals surface area contributed by atoms with E-state index in [1.165, 1.54) is 0 Å². The van der Waals surface area contributed by atoms with E-state index in [2.05, 4.69) is 11.8 Å². The summed E-state index contributed by atoms with van der Waals surface area (Å²) in [5.74, 6) is -0.0994. The number of anilines is 1. The first-order valence-corrected chi connectivity index (χ1v) is 10.7. The third kappa shape index (κ3) is 6.22. The largest absolute Gasteiger partial charge is 0.493 e. The number of carboxylic acids is 1. The minimum absolute atomic E-state index is 0.0791. The van der Waals surface area contributed by atoms with Crippen LogP contribution in [0.15, 0.2) is 90.0 Å². The predicted octanol–water partition coefficient (Wildman–Crippen LogP) is 6.29. The van der Waals surface area contributed by atoms with Gasteiger partial charge in [-0.3, -0.25) is 4.79 Å². The van der Waals surface area contributed by atoms with E-state index in [0.29, 0.717) is 24.5 Å². The molecule has 0 saturated carbocycles. The molecule has 3 aromatic rings. The van der Waals surface area contributed by atoms with Crippen LogP contribution in [0.5, 0.6) is 5.75 Å². The third-order valence-corrected chi connectivity index (χ3v) is 5.13. The Bertz CT molecular complexity index is 1080. The lowest BCUT2D eigenvalue weighted by Crippen LogP contribution is -2.15. The molecule has 3 aromatic carbocycles. The molecule has 0 heterocycles. The first-order chi connectivity index (χ1) is 15.6. The monoisotopic (exact) mass is 448 g/mol. The van der Waals surface area contributed by atoms with Gasteiger partial charge in [0.1, 0.15) is 5.75 Å². The van der Waals surface area contributed by atoms with Crippen molar-refractivity contribution in [3.8, 4) is 5.75 Å². The minimum atomic E-state index is -0.827. The van der Waals surface area contributed by atoms with Gasteiger partial charge in [0, 0.05) is 23.7 Å². The Balaban J connectivity index is 1.92. The van der Waals surface area contributed by atoms with Gasteiger partial charge in [-0.05, 0) is 42.7 Å². The van der Waals surface area contributed by atoms with E-state index in [1.807, 2.05) is 84.9 Å². The zero-order valence-corrected chi connectivity index (χ0v) is 18.4. The number of hydrazone groups is 1. The molecule has 0 amide bonds. The number of allylic oxidation sites excluding steroid dienone is 1. The zero-order chi connectivity index (χ0) is 22.8. The van der Waals surface area contributed by atoms with E-state index in [1.54, 1.807) is 5.01 Å². The van der Waals surface area contributed by atoms with Crippen molar-refractivity contribution in [2.75, 3.05) is 11.6 Å². The fourth-order valence-corrected chi connectivity index (χ4v) is 3.50. The van der Waals surface area contributed by atoms with Crippen LogP contribution in [0.25, 0.3) is 5.70 Å². The Hall–Kier alpha value is -3.57. The predicted molar refractivity (Wildman–Crippen MR) is 130 cm³/mol. The van der Waals surface area contributed by atoms with E-state index in [-0.39, 0.29) is 6.42 Å². The van der Waals surface area contributed by atoms with Gasteiger partial charge in [-0.15, -0.1) is 0 Å². The van der Waals surface area contributed by atoms with Crippen LogP contribution in [0.1, 0.15) is 24.0 Å². The molecular formula is C26H25ClN2O3. The van der Waals surface area contributed by atoms with E-state index in [9.17, 15) is 4.79 Å². The number of hydrogen-bond acceptors (Lipinski definition) is 4. The van der Waals surface area contributed by atoms with Crippen molar-refractivity contribution in [3.05, 3.63) is 101 Å². The van der Waals surface area contributed by atoms with Gasteiger partial charge in [0.25, 0.3) is 0 Å². The first-order valence-electron chi connectivity index (χ1n) is 10.3. The number of ether oxygens (including phenoxy) is 1. The number of benzene rings is 3. The van der Waals surface area contributed by atoms with Crippen molar-refractivity contribution < 1.29 is 14.6 Å². The second-order valence-corrected chi connectivity index (χ2v) is 7.42. The first kappa shape index (κ1) is 23.1. The van der Waals surface area contributed by atoms with Crippen LogP contribution in [-0.2, 0) is 11.2 Å². The molecule has 0 bridgehead atoms. The highest BCUT2D eigenvalue weighted by Gasteiger charge is 2.16. The Morgan fingerprint density at radius 1 is 1.03 bits per heavy atom. The maximum atomic E-state index is 10.7. The van der Waals surface area contributed by atoms with Crippen LogP contribution in [0, 0.1) is 0 Å². The van der Waals surface area contributed by atoms with Crippen LogP contribution in [-0.4, -0.2) is 24.4 Å². The number of hydrogen-bond donors (Lipinski definition) is 1. The van der Waals surface area contributed by atoms with Crippen molar-refractivity contribution in [2.24, 2.45) is 5.10 Å². The second kappa shape index (κ2) is 11.7. The topological polar surface area (TPSA) is 62.1 Å². The lowest BCUT2D eigenvalue weighted by Gasteiger charge is -2.23. The molecule has 0 aromatic heterocycles. The fourth-order valence-electron chi connectivity index (χ4n) is 3.27. The molecule has 32 heavy (non-hydrogen) atoms. The number of nitrogens with zero attached hydrogens (tertiary/aromatic N) is 2. The maximum absolute atomic E-state index is 10.7. The summed E-state index contributed by atoms with van der Waals surface area (Å²) in [5.41, 5.74) is 3.49. The number of carboxylic acid groups (broad SMARTS) is 1. The molecule has 0 aliphatic heterocycles. The summed E-state index contributed by atoms with van der Waals surface area (Å²) in [4.78, 5) is 10.7. The van der Waals surface area contributed by atoms with Crippen molar-refractivity contribution in [2.45, 2.75) is 19.3 Å². The fraction of sp³-hybridized carbons (Fsp3) is 0.154.